The zero-order valence-corrected chi connectivity index (χ0v) is 14.7. The predicted octanol–water partition coefficient (Wildman–Crippen LogP) is 3.91. The molecular formula is C17H23N3O2S. The Morgan fingerprint density at radius 2 is 2.04 bits per heavy atom. The van der Waals surface area contributed by atoms with Crippen LogP contribution in [0.3, 0.4) is 0 Å². The largest absolute Gasteiger partial charge is 0.497 e. The van der Waals surface area contributed by atoms with Crippen molar-refractivity contribution in [3.63, 3.8) is 0 Å². The van der Waals surface area contributed by atoms with E-state index in [1.54, 1.807) is 7.11 Å². The molecule has 1 atom stereocenters. The van der Waals surface area contributed by atoms with Gasteiger partial charge in [-0.25, -0.2) is 0 Å². The van der Waals surface area contributed by atoms with Crippen LogP contribution in [0.4, 0.5) is 0 Å². The summed E-state index contributed by atoms with van der Waals surface area (Å²) in [7, 11) is 1.62. The van der Waals surface area contributed by atoms with Gasteiger partial charge in [0.25, 0.3) is 5.91 Å². The second-order valence-electron chi connectivity index (χ2n) is 5.55. The molecule has 1 amide bonds. The summed E-state index contributed by atoms with van der Waals surface area (Å²) in [4.78, 5) is 13.0. The lowest BCUT2D eigenvalue weighted by Gasteiger charge is -2.13. The van der Waals surface area contributed by atoms with Gasteiger partial charge in [0.15, 0.2) is 0 Å². The van der Waals surface area contributed by atoms with E-state index in [-0.39, 0.29) is 11.9 Å². The number of hydrogen-bond acceptors (Lipinski definition) is 5. The second kappa shape index (κ2) is 8.62. The van der Waals surface area contributed by atoms with E-state index in [9.17, 15) is 4.79 Å². The van der Waals surface area contributed by atoms with Crippen molar-refractivity contribution in [2.24, 2.45) is 0 Å². The van der Waals surface area contributed by atoms with E-state index in [1.807, 2.05) is 31.2 Å². The lowest BCUT2D eigenvalue weighted by molar-refractivity contribution is 0.0942. The summed E-state index contributed by atoms with van der Waals surface area (Å²) in [5, 5.41) is 7.15. The molecule has 0 spiro atoms. The van der Waals surface area contributed by atoms with Crippen LogP contribution in [0.5, 0.6) is 5.75 Å². The highest BCUT2D eigenvalue weighted by atomic mass is 32.1. The molecule has 0 fully saturated rings. The number of methoxy groups -OCH3 is 1. The molecule has 0 aliphatic heterocycles. The smallest absolute Gasteiger partial charge is 0.265 e. The summed E-state index contributed by atoms with van der Waals surface area (Å²) in [6.45, 7) is 4.21. The number of aromatic nitrogens is 2. The van der Waals surface area contributed by atoms with E-state index in [0.29, 0.717) is 10.6 Å². The third-order valence-corrected chi connectivity index (χ3v) is 4.40. The van der Waals surface area contributed by atoms with E-state index in [0.717, 1.165) is 35.7 Å². The Hall–Kier alpha value is -1.95. The van der Waals surface area contributed by atoms with Gasteiger partial charge < -0.3 is 10.1 Å². The number of benzene rings is 1. The van der Waals surface area contributed by atoms with Crippen molar-refractivity contribution in [3.05, 3.63) is 29.1 Å². The molecule has 1 aromatic carbocycles. The number of carbonyl (C=O) groups is 1. The summed E-state index contributed by atoms with van der Waals surface area (Å²) in [5.74, 6) is 0.669. The van der Waals surface area contributed by atoms with Gasteiger partial charge in [-0.15, -0.1) is 5.10 Å². The number of nitrogens with one attached hydrogen (secondary N) is 1. The van der Waals surface area contributed by atoms with Crippen LogP contribution in [0.1, 0.15) is 49.2 Å². The van der Waals surface area contributed by atoms with Crippen LogP contribution in [0.2, 0.25) is 0 Å². The van der Waals surface area contributed by atoms with Crippen LogP contribution in [-0.4, -0.2) is 28.6 Å². The topological polar surface area (TPSA) is 64.1 Å². The van der Waals surface area contributed by atoms with E-state index < -0.39 is 0 Å². The van der Waals surface area contributed by atoms with E-state index in [1.165, 1.54) is 12.8 Å². The van der Waals surface area contributed by atoms with Crippen LogP contribution in [0, 0.1) is 0 Å². The van der Waals surface area contributed by atoms with Gasteiger partial charge in [-0.3, -0.25) is 4.79 Å². The van der Waals surface area contributed by atoms with Crippen molar-refractivity contribution in [1.82, 2.24) is 14.9 Å². The van der Waals surface area contributed by atoms with Crippen LogP contribution in [-0.2, 0) is 0 Å². The molecular weight excluding hydrogens is 310 g/mol. The van der Waals surface area contributed by atoms with E-state index in [4.69, 9.17) is 4.74 Å². The van der Waals surface area contributed by atoms with Crippen molar-refractivity contribution in [3.8, 4) is 17.0 Å². The lowest BCUT2D eigenvalue weighted by Crippen LogP contribution is -2.32. The molecule has 1 heterocycles. The molecule has 6 heteroatoms. The summed E-state index contributed by atoms with van der Waals surface area (Å²) < 4.78 is 9.10. The number of amides is 1. The number of ether oxygens (including phenoxy) is 1. The Morgan fingerprint density at radius 1 is 1.30 bits per heavy atom. The first kappa shape index (κ1) is 17.4. The number of carbonyl (C=O) groups excluding carboxylic acids is 1. The fourth-order valence-corrected chi connectivity index (χ4v) is 2.93. The summed E-state index contributed by atoms with van der Waals surface area (Å²) in [5.41, 5.74) is 1.49. The molecule has 23 heavy (non-hydrogen) atoms. The molecule has 0 bridgehead atoms. The van der Waals surface area contributed by atoms with Gasteiger partial charge >= 0.3 is 0 Å². The lowest BCUT2D eigenvalue weighted by atomic mass is 10.1. The minimum atomic E-state index is -0.102. The number of hydrogen-bond donors (Lipinski definition) is 1. The molecule has 0 aliphatic carbocycles. The number of unbranched alkanes of at least 4 members (excludes halogenated alkanes) is 2. The van der Waals surface area contributed by atoms with Crippen molar-refractivity contribution in [2.75, 3.05) is 7.11 Å². The summed E-state index contributed by atoms with van der Waals surface area (Å²) >= 11 is 1.13. The summed E-state index contributed by atoms with van der Waals surface area (Å²) in [6, 6.07) is 7.63. The van der Waals surface area contributed by atoms with Crippen molar-refractivity contribution < 1.29 is 9.53 Å². The van der Waals surface area contributed by atoms with Crippen LogP contribution in [0.25, 0.3) is 11.3 Å². The van der Waals surface area contributed by atoms with E-state index >= 15 is 0 Å². The molecule has 0 radical (unpaired) electrons. The second-order valence-corrected chi connectivity index (χ2v) is 6.30. The minimum absolute atomic E-state index is 0.102. The Bertz CT molecular complexity index is 625. The molecule has 1 aromatic heterocycles. The van der Waals surface area contributed by atoms with Crippen LogP contribution >= 0.6 is 11.5 Å². The maximum atomic E-state index is 12.5. The molecule has 124 valence electrons. The molecule has 5 nitrogen and oxygen atoms in total. The van der Waals surface area contributed by atoms with Gasteiger partial charge in [0.1, 0.15) is 16.3 Å². The van der Waals surface area contributed by atoms with Crippen molar-refractivity contribution >= 4 is 17.4 Å². The minimum Gasteiger partial charge on any atom is -0.497 e. The molecule has 0 saturated heterocycles. The normalized spacial score (nSPS) is 12.0. The highest BCUT2D eigenvalue weighted by Crippen LogP contribution is 2.26. The molecule has 0 aliphatic rings. The highest BCUT2D eigenvalue weighted by Gasteiger charge is 2.19. The maximum absolute atomic E-state index is 12.5. The van der Waals surface area contributed by atoms with Crippen molar-refractivity contribution in [2.45, 2.75) is 45.6 Å². The molecule has 2 aromatic rings. The molecule has 0 unspecified atom stereocenters. The zero-order chi connectivity index (χ0) is 16.7. The maximum Gasteiger partial charge on any atom is 0.265 e. The molecule has 0 saturated carbocycles. The van der Waals surface area contributed by atoms with Crippen LogP contribution in [0.15, 0.2) is 24.3 Å². The first-order valence-electron chi connectivity index (χ1n) is 7.93. The number of nitrogens with zero attached hydrogens (tertiary/aromatic N) is 2. The monoisotopic (exact) mass is 333 g/mol. The quantitative estimate of drug-likeness (QED) is 0.744. The van der Waals surface area contributed by atoms with E-state index in [2.05, 4.69) is 21.8 Å². The summed E-state index contributed by atoms with van der Waals surface area (Å²) in [6.07, 6.45) is 4.49. The van der Waals surface area contributed by atoms with Gasteiger partial charge in [0.2, 0.25) is 0 Å². The van der Waals surface area contributed by atoms with Gasteiger partial charge in [0, 0.05) is 11.6 Å². The zero-order valence-electron chi connectivity index (χ0n) is 13.8. The first-order valence-corrected chi connectivity index (χ1v) is 8.70. The molecule has 1 N–H and O–H groups in total. The molecule has 2 rings (SSSR count). The average Bonchev–Trinajstić information content (AvgIpc) is 3.05. The third-order valence-electron chi connectivity index (χ3n) is 3.68. The van der Waals surface area contributed by atoms with Gasteiger partial charge in [0.05, 0.1) is 7.11 Å². The fourth-order valence-electron chi connectivity index (χ4n) is 2.34. The van der Waals surface area contributed by atoms with Gasteiger partial charge in [-0.05, 0) is 49.1 Å². The Morgan fingerprint density at radius 3 is 2.70 bits per heavy atom. The number of rotatable bonds is 8. The first-order chi connectivity index (χ1) is 11.2. The van der Waals surface area contributed by atoms with Crippen molar-refractivity contribution in [1.29, 1.82) is 0 Å². The predicted molar refractivity (Wildman–Crippen MR) is 93.0 cm³/mol. The highest BCUT2D eigenvalue weighted by molar-refractivity contribution is 7.08. The standard InChI is InChI=1S/C17H23N3O2S/c1-4-5-6-7-12(2)18-17(21)16-15(19-20-23-16)13-8-10-14(22-3)11-9-13/h8-12H,4-7H2,1-3H3,(H,18,21)/t12-/m1/s1. The average molecular weight is 333 g/mol. The van der Waals surface area contributed by atoms with Crippen LogP contribution < -0.4 is 10.1 Å². The Labute approximate surface area is 141 Å². The fraction of sp³-hybridized carbons (Fsp3) is 0.471. The van der Waals surface area contributed by atoms with Gasteiger partial charge in [-0.1, -0.05) is 30.7 Å². The Balaban J connectivity index is 2.05. The SMILES string of the molecule is CCCCC[C@@H](C)NC(=O)c1snnc1-c1ccc(OC)cc1. The third kappa shape index (κ3) is 4.76. The van der Waals surface area contributed by atoms with Gasteiger partial charge in [-0.2, -0.15) is 0 Å². The Kier molecular flexibility index (Phi) is 6.52.